The molecule has 0 radical (unpaired) electrons. The molecule has 0 aliphatic rings. The highest BCUT2D eigenvalue weighted by Gasteiger charge is 2.16. The summed E-state index contributed by atoms with van der Waals surface area (Å²) in [6, 6.07) is 10.9. The third kappa shape index (κ3) is 3.84. The van der Waals surface area contributed by atoms with Crippen LogP contribution in [0.2, 0.25) is 5.02 Å². The van der Waals surface area contributed by atoms with Crippen molar-refractivity contribution in [3.05, 3.63) is 73.6 Å². The van der Waals surface area contributed by atoms with Gasteiger partial charge in [-0.3, -0.25) is 14.9 Å². The van der Waals surface area contributed by atoms with Crippen molar-refractivity contribution < 1.29 is 9.72 Å². The van der Waals surface area contributed by atoms with E-state index in [1.54, 1.807) is 23.5 Å². The third-order valence-electron chi connectivity index (χ3n) is 3.46. The second-order valence-electron chi connectivity index (χ2n) is 5.20. The van der Waals surface area contributed by atoms with E-state index < -0.39 is 10.8 Å². The summed E-state index contributed by atoms with van der Waals surface area (Å²) in [6.45, 7) is 1.94. The van der Waals surface area contributed by atoms with E-state index in [0.717, 1.165) is 22.3 Å². The Morgan fingerprint density at radius 2 is 1.96 bits per heavy atom. The van der Waals surface area contributed by atoms with E-state index in [0.29, 0.717) is 5.69 Å². The number of nitro benzene ring substituents is 1. The molecule has 0 spiro atoms. The number of halogens is 1. The predicted octanol–water partition coefficient (Wildman–Crippen LogP) is 4.93. The van der Waals surface area contributed by atoms with Gasteiger partial charge >= 0.3 is 0 Å². The Labute approximate surface area is 152 Å². The van der Waals surface area contributed by atoms with Gasteiger partial charge in [0.05, 0.1) is 26.2 Å². The van der Waals surface area contributed by atoms with Gasteiger partial charge in [-0.25, -0.2) is 4.98 Å². The normalized spacial score (nSPS) is 10.5. The highest BCUT2D eigenvalue weighted by atomic mass is 35.5. The number of thiazole rings is 1. The summed E-state index contributed by atoms with van der Waals surface area (Å²) >= 11 is 7.55. The van der Waals surface area contributed by atoms with E-state index >= 15 is 0 Å². The number of nitrogens with zero attached hydrogens (tertiary/aromatic N) is 2. The summed E-state index contributed by atoms with van der Waals surface area (Å²) < 4.78 is 0. The number of hydrogen-bond donors (Lipinski definition) is 1. The fourth-order valence-electron chi connectivity index (χ4n) is 2.22. The minimum Gasteiger partial charge on any atom is -0.322 e. The summed E-state index contributed by atoms with van der Waals surface area (Å²) in [4.78, 5) is 27.0. The number of nitrogens with one attached hydrogen (secondary N) is 1. The molecule has 0 bridgehead atoms. The minimum absolute atomic E-state index is 0.0510. The van der Waals surface area contributed by atoms with Crippen LogP contribution in [0.3, 0.4) is 0 Å². The Morgan fingerprint density at radius 3 is 2.56 bits per heavy atom. The van der Waals surface area contributed by atoms with Gasteiger partial charge < -0.3 is 5.32 Å². The van der Waals surface area contributed by atoms with Gasteiger partial charge in [-0.1, -0.05) is 23.7 Å². The molecule has 1 amide bonds. The van der Waals surface area contributed by atoms with Gasteiger partial charge in [-0.05, 0) is 25.1 Å². The van der Waals surface area contributed by atoms with Gasteiger partial charge in [0.1, 0.15) is 0 Å². The zero-order valence-corrected chi connectivity index (χ0v) is 14.6. The lowest BCUT2D eigenvalue weighted by Gasteiger charge is -2.07. The first-order chi connectivity index (χ1) is 11.9. The molecule has 0 aliphatic carbocycles. The smallest absolute Gasteiger partial charge is 0.270 e. The summed E-state index contributed by atoms with van der Waals surface area (Å²) in [7, 11) is 0. The van der Waals surface area contributed by atoms with Crippen molar-refractivity contribution in [2.75, 3.05) is 5.32 Å². The Kier molecular flexibility index (Phi) is 4.78. The van der Waals surface area contributed by atoms with Crippen LogP contribution in [0.25, 0.3) is 11.3 Å². The molecule has 0 atom stereocenters. The van der Waals surface area contributed by atoms with Gasteiger partial charge in [0.2, 0.25) is 0 Å². The van der Waals surface area contributed by atoms with Gasteiger partial charge in [0.25, 0.3) is 11.6 Å². The number of non-ortho nitro benzene ring substituents is 1. The number of aryl methyl sites for hydroxylation is 1. The maximum Gasteiger partial charge on any atom is 0.270 e. The molecule has 0 saturated heterocycles. The molecule has 1 aromatic heterocycles. The molecule has 126 valence electrons. The molecule has 6 nitrogen and oxygen atoms in total. The number of aromatic nitrogens is 1. The summed E-state index contributed by atoms with van der Waals surface area (Å²) in [5.41, 5.74) is 2.24. The Morgan fingerprint density at radius 1 is 1.24 bits per heavy atom. The fraction of sp³-hybridized carbons (Fsp3) is 0.0588. The number of carbonyl (C=O) groups is 1. The first kappa shape index (κ1) is 17.1. The lowest BCUT2D eigenvalue weighted by Crippen LogP contribution is -2.12. The molecule has 0 unspecified atom stereocenters. The molecule has 0 aliphatic heterocycles. The van der Waals surface area contributed by atoms with Crippen LogP contribution in [0.1, 0.15) is 15.4 Å². The van der Waals surface area contributed by atoms with E-state index in [2.05, 4.69) is 10.3 Å². The second-order valence-corrected chi connectivity index (χ2v) is 6.67. The molecule has 2 aromatic carbocycles. The van der Waals surface area contributed by atoms with Crippen LogP contribution in [0, 0.1) is 17.0 Å². The number of amides is 1. The van der Waals surface area contributed by atoms with E-state index in [1.165, 1.54) is 12.1 Å². The average Bonchev–Trinajstić information content (AvgIpc) is 3.02. The zero-order valence-electron chi connectivity index (χ0n) is 13.0. The first-order valence-electron chi connectivity index (χ1n) is 7.22. The van der Waals surface area contributed by atoms with Crippen molar-refractivity contribution in [2.24, 2.45) is 0 Å². The lowest BCUT2D eigenvalue weighted by molar-refractivity contribution is -0.384. The van der Waals surface area contributed by atoms with Gasteiger partial charge in [0.15, 0.2) is 0 Å². The van der Waals surface area contributed by atoms with Gasteiger partial charge in [0, 0.05) is 28.8 Å². The Bertz CT molecular complexity index is 954. The molecule has 1 heterocycles. The number of anilines is 1. The van der Waals surface area contributed by atoms with Crippen molar-refractivity contribution in [2.45, 2.75) is 6.92 Å². The van der Waals surface area contributed by atoms with Crippen molar-refractivity contribution in [3.63, 3.8) is 0 Å². The summed E-state index contributed by atoms with van der Waals surface area (Å²) in [6.07, 6.45) is 0. The largest absolute Gasteiger partial charge is 0.322 e. The van der Waals surface area contributed by atoms with Crippen molar-refractivity contribution in [1.82, 2.24) is 4.98 Å². The van der Waals surface area contributed by atoms with E-state index in [4.69, 9.17) is 11.6 Å². The van der Waals surface area contributed by atoms with E-state index in [9.17, 15) is 14.9 Å². The zero-order chi connectivity index (χ0) is 18.0. The lowest BCUT2D eigenvalue weighted by atomic mass is 10.1. The molecule has 0 fully saturated rings. The molecular weight excluding hydrogens is 362 g/mol. The third-order valence-corrected chi connectivity index (χ3v) is 4.57. The fourth-order valence-corrected chi connectivity index (χ4v) is 3.04. The maximum atomic E-state index is 12.3. The summed E-state index contributed by atoms with van der Waals surface area (Å²) in [5.74, 6) is -0.508. The van der Waals surface area contributed by atoms with Gasteiger partial charge in [-0.15, -0.1) is 11.3 Å². The molecule has 3 aromatic rings. The van der Waals surface area contributed by atoms with Crippen LogP contribution in [0.15, 0.2) is 47.8 Å². The highest BCUT2D eigenvalue weighted by molar-refractivity contribution is 7.09. The van der Waals surface area contributed by atoms with Crippen LogP contribution < -0.4 is 5.32 Å². The first-order valence-corrected chi connectivity index (χ1v) is 8.47. The Hall–Kier alpha value is -2.77. The van der Waals surface area contributed by atoms with Crippen molar-refractivity contribution >= 4 is 40.2 Å². The molecule has 1 N–H and O–H groups in total. The Balaban J connectivity index is 1.79. The van der Waals surface area contributed by atoms with Crippen LogP contribution in [0.4, 0.5) is 11.4 Å². The van der Waals surface area contributed by atoms with Gasteiger partial charge in [-0.2, -0.15) is 0 Å². The molecule has 3 rings (SSSR count). The molecule has 8 heteroatoms. The number of rotatable bonds is 4. The van der Waals surface area contributed by atoms with Crippen LogP contribution >= 0.6 is 22.9 Å². The monoisotopic (exact) mass is 373 g/mol. The number of benzene rings is 2. The van der Waals surface area contributed by atoms with Crippen LogP contribution in [-0.4, -0.2) is 15.8 Å². The molecule has 0 saturated carbocycles. The number of hydrogen-bond acceptors (Lipinski definition) is 5. The topological polar surface area (TPSA) is 85.1 Å². The molecular formula is C17H12ClN3O3S. The quantitative estimate of drug-likeness (QED) is 0.518. The van der Waals surface area contributed by atoms with Crippen LogP contribution in [-0.2, 0) is 0 Å². The minimum atomic E-state index is -0.572. The SMILES string of the molecule is Cc1nc(-c2ccc(NC(=O)c3cc([N+](=O)[O-])ccc3Cl)cc2)cs1. The predicted molar refractivity (Wildman–Crippen MR) is 98.3 cm³/mol. The van der Waals surface area contributed by atoms with Crippen LogP contribution in [0.5, 0.6) is 0 Å². The number of carbonyl (C=O) groups excluding carboxylic acids is 1. The van der Waals surface area contributed by atoms with E-state index in [-0.39, 0.29) is 16.3 Å². The maximum absolute atomic E-state index is 12.3. The van der Waals surface area contributed by atoms with E-state index in [1.807, 2.05) is 24.4 Å². The summed E-state index contributed by atoms with van der Waals surface area (Å²) in [5, 5.41) is 16.6. The van der Waals surface area contributed by atoms with Crippen molar-refractivity contribution in [3.8, 4) is 11.3 Å². The van der Waals surface area contributed by atoms with Crippen molar-refractivity contribution in [1.29, 1.82) is 0 Å². The molecule has 25 heavy (non-hydrogen) atoms. The standard InChI is InChI=1S/C17H12ClN3O3S/c1-10-19-16(9-25-10)11-2-4-12(5-3-11)20-17(22)14-8-13(21(23)24)6-7-15(14)18/h2-9H,1H3,(H,20,22). The average molecular weight is 374 g/mol. The number of nitro groups is 1. The highest BCUT2D eigenvalue weighted by Crippen LogP contribution is 2.25. The second kappa shape index (κ2) is 7.00.